The number of cyclic esters (lactones) is 1. The Morgan fingerprint density at radius 3 is 1.87 bits per heavy atom. The summed E-state index contributed by atoms with van der Waals surface area (Å²) in [5.41, 5.74) is -0.892. The van der Waals surface area contributed by atoms with E-state index in [1.807, 2.05) is 13.8 Å². The molecule has 14 heteroatoms. The fourth-order valence-electron chi connectivity index (χ4n) is 12.8. The van der Waals surface area contributed by atoms with Crippen LogP contribution in [-0.4, -0.2) is 135 Å². The topological polar surface area (TPSA) is 203 Å². The van der Waals surface area contributed by atoms with E-state index in [9.17, 15) is 35.4 Å². The van der Waals surface area contributed by atoms with E-state index in [0.29, 0.717) is 18.8 Å². The van der Waals surface area contributed by atoms with Crippen molar-refractivity contribution in [2.75, 3.05) is 6.61 Å². The number of rotatable bonds is 7. The molecular formula is C41H64O14. The van der Waals surface area contributed by atoms with Gasteiger partial charge in [-0.1, -0.05) is 13.8 Å². The lowest BCUT2D eigenvalue weighted by Crippen LogP contribution is -2.67. The third-order valence-electron chi connectivity index (χ3n) is 16.0. The number of carbonyl (C=O) groups excluding carboxylic acids is 1. The summed E-state index contributed by atoms with van der Waals surface area (Å²) in [6.45, 7) is 9.90. The smallest absolute Gasteiger partial charge is 0.331 e. The van der Waals surface area contributed by atoms with Gasteiger partial charge in [-0.15, -0.1) is 0 Å². The molecule has 4 saturated carbocycles. The maximum atomic E-state index is 12.6. The lowest BCUT2D eigenvalue weighted by molar-refractivity contribution is -0.336. The first-order chi connectivity index (χ1) is 26.0. The highest BCUT2D eigenvalue weighted by Gasteiger charge is 2.71. The minimum atomic E-state index is -1.01. The van der Waals surface area contributed by atoms with Crippen LogP contribution < -0.4 is 0 Å². The molecule has 0 aromatic rings. The van der Waals surface area contributed by atoms with Crippen LogP contribution in [0.4, 0.5) is 0 Å². The Kier molecular flexibility index (Phi) is 11.1. The van der Waals surface area contributed by atoms with Gasteiger partial charge in [0.2, 0.25) is 0 Å². The van der Waals surface area contributed by atoms with Crippen molar-refractivity contribution in [2.45, 2.75) is 197 Å². The predicted molar refractivity (Wildman–Crippen MR) is 193 cm³/mol. The maximum absolute atomic E-state index is 12.6. The Labute approximate surface area is 323 Å². The van der Waals surface area contributed by atoms with Crippen molar-refractivity contribution in [3.05, 3.63) is 11.6 Å². The molecule has 0 amide bonds. The van der Waals surface area contributed by atoms with Gasteiger partial charge in [-0.05, 0) is 107 Å². The second-order valence-electron chi connectivity index (χ2n) is 18.8. The number of fused-ring (bicyclic) bond motifs is 5. The number of carbonyl (C=O) groups is 1. The Hall–Kier alpha value is -1.27. The van der Waals surface area contributed by atoms with Gasteiger partial charge in [-0.3, -0.25) is 0 Å². The number of aliphatic hydroxyl groups is 6. The fourth-order valence-corrected chi connectivity index (χ4v) is 12.8. The molecule has 312 valence electrons. The number of aliphatic hydroxyl groups excluding tert-OH is 5. The van der Waals surface area contributed by atoms with Crippen LogP contribution in [0.2, 0.25) is 0 Å². The molecule has 21 atom stereocenters. The Balaban J connectivity index is 0.837. The van der Waals surface area contributed by atoms with Crippen LogP contribution in [0, 0.1) is 34.5 Å². The normalized spacial score (nSPS) is 55.5. The highest BCUT2D eigenvalue weighted by Crippen LogP contribution is 2.70. The molecule has 6 N–H and O–H groups in total. The van der Waals surface area contributed by atoms with Gasteiger partial charge >= 0.3 is 5.97 Å². The van der Waals surface area contributed by atoms with Crippen LogP contribution >= 0.6 is 0 Å². The average Bonchev–Trinajstić information content (AvgIpc) is 3.67. The molecule has 0 aromatic carbocycles. The molecular weight excluding hydrogens is 716 g/mol. The lowest BCUT2D eigenvalue weighted by atomic mass is 9.42. The highest BCUT2D eigenvalue weighted by molar-refractivity contribution is 5.85. The van der Waals surface area contributed by atoms with Gasteiger partial charge in [0, 0.05) is 30.8 Å². The summed E-state index contributed by atoms with van der Waals surface area (Å²) in [4.78, 5) is 11.9. The van der Waals surface area contributed by atoms with E-state index in [4.69, 9.17) is 33.2 Å². The van der Waals surface area contributed by atoms with Crippen molar-refractivity contribution in [3.63, 3.8) is 0 Å². The van der Waals surface area contributed by atoms with Crippen LogP contribution in [0.5, 0.6) is 0 Å². The van der Waals surface area contributed by atoms with Gasteiger partial charge in [0.05, 0.1) is 54.4 Å². The first-order valence-corrected chi connectivity index (χ1v) is 20.9. The second kappa shape index (κ2) is 15.1. The van der Waals surface area contributed by atoms with Gasteiger partial charge < -0.3 is 63.8 Å². The molecule has 0 aromatic heterocycles. The summed E-state index contributed by atoms with van der Waals surface area (Å²) in [7, 11) is 0. The Bertz CT molecular complexity index is 1410. The summed E-state index contributed by atoms with van der Waals surface area (Å²) in [5, 5.41) is 66.9. The van der Waals surface area contributed by atoms with E-state index in [0.717, 1.165) is 44.1 Å². The largest absolute Gasteiger partial charge is 0.458 e. The van der Waals surface area contributed by atoms with E-state index >= 15 is 0 Å². The third-order valence-corrected chi connectivity index (χ3v) is 16.0. The molecule has 0 radical (unpaired) electrons. The van der Waals surface area contributed by atoms with Crippen molar-refractivity contribution in [1.82, 2.24) is 0 Å². The van der Waals surface area contributed by atoms with Crippen LogP contribution in [0.25, 0.3) is 0 Å². The molecule has 7 fully saturated rings. The zero-order valence-corrected chi connectivity index (χ0v) is 32.9. The van der Waals surface area contributed by atoms with Gasteiger partial charge in [0.25, 0.3) is 0 Å². The van der Waals surface area contributed by atoms with Gasteiger partial charge in [0.1, 0.15) is 24.9 Å². The summed E-state index contributed by atoms with van der Waals surface area (Å²) in [6, 6.07) is 0. The van der Waals surface area contributed by atoms with E-state index in [1.165, 1.54) is 0 Å². The zero-order valence-electron chi connectivity index (χ0n) is 32.9. The summed E-state index contributed by atoms with van der Waals surface area (Å²) < 4.78 is 42.1. The molecule has 0 spiro atoms. The molecule has 8 rings (SSSR count). The highest BCUT2D eigenvalue weighted by atomic mass is 16.7. The molecule has 6 unspecified atom stereocenters. The van der Waals surface area contributed by atoms with Crippen molar-refractivity contribution in [3.8, 4) is 0 Å². The summed E-state index contributed by atoms with van der Waals surface area (Å²) >= 11 is 0. The number of esters is 1. The van der Waals surface area contributed by atoms with Crippen LogP contribution in [0.1, 0.15) is 105 Å². The van der Waals surface area contributed by atoms with Crippen molar-refractivity contribution in [2.24, 2.45) is 34.5 Å². The quantitative estimate of drug-likeness (QED) is 0.162. The monoisotopic (exact) mass is 780 g/mol. The number of hydrogen-bond donors (Lipinski definition) is 6. The standard InChI is InChI=1S/C41H64O14/c1-19-36(47)28(42)15-34(50-19)54-38-21(3)52-35(17-30(38)44)55-37-20(2)51-33(16-29(37)43)53-24-8-10-39(4)23(13-24)6-7-26-27(39)14-31(45)40(5)25(9-11-41(26,40)48)22-12-32(46)49-18-22/h12,19-21,23-31,33-38,42-45,47-48H,6-11,13-18H2,1-5H3/t19?,20?,21?,23-,24+,25-,26-,27+,28?,29?,30?,31-,33+,34+,35+,36-,37-,38-,39+,40+,41+/m1/s1. The molecule has 4 heterocycles. The Morgan fingerprint density at radius 2 is 1.29 bits per heavy atom. The van der Waals surface area contributed by atoms with Crippen LogP contribution in [0.15, 0.2) is 11.6 Å². The number of hydrogen-bond acceptors (Lipinski definition) is 14. The third kappa shape index (κ3) is 6.95. The molecule has 8 aliphatic rings. The van der Waals surface area contributed by atoms with E-state index < -0.39 is 90.9 Å². The summed E-state index contributed by atoms with van der Waals surface area (Å²) in [6.07, 6.45) is -1.51. The van der Waals surface area contributed by atoms with Crippen molar-refractivity contribution < 1.29 is 68.6 Å². The minimum absolute atomic E-state index is 0.0452. The van der Waals surface area contributed by atoms with Gasteiger partial charge in [-0.25, -0.2) is 4.79 Å². The second-order valence-corrected chi connectivity index (χ2v) is 18.8. The molecule has 14 nitrogen and oxygen atoms in total. The molecule has 0 bridgehead atoms. The Morgan fingerprint density at radius 1 is 0.691 bits per heavy atom. The van der Waals surface area contributed by atoms with E-state index in [-0.39, 0.29) is 61.1 Å². The van der Waals surface area contributed by atoms with Gasteiger partial charge in [0.15, 0.2) is 18.9 Å². The average molecular weight is 781 g/mol. The SMILES string of the molecule is CC1O[C@@H](O[C@H]2C(O)C[C@H](O[C@H]3C(O)C[C@H](O[C@H]4CC[C@@]5(C)[C@H](CC[C@@H]6[C@@H]5C[C@@H](O)[C@]5(C)[C@@H](C7=CC(=O)OC7)CC[C@]65O)C4)OC3C)OC2C)CC(O)[C@@H]1O. The maximum Gasteiger partial charge on any atom is 0.331 e. The lowest BCUT2D eigenvalue weighted by Gasteiger charge is -2.65. The number of ether oxygens (including phenoxy) is 7. The first kappa shape index (κ1) is 40.5. The van der Waals surface area contributed by atoms with E-state index in [1.54, 1.807) is 19.9 Å². The first-order valence-electron chi connectivity index (χ1n) is 20.9. The van der Waals surface area contributed by atoms with E-state index in [2.05, 4.69) is 6.92 Å². The summed E-state index contributed by atoms with van der Waals surface area (Å²) in [5.74, 6) is 0.204. The fraction of sp³-hybridized carbons (Fsp3) is 0.927. The van der Waals surface area contributed by atoms with Gasteiger partial charge in [-0.2, -0.15) is 0 Å². The van der Waals surface area contributed by atoms with Crippen molar-refractivity contribution in [1.29, 1.82) is 0 Å². The zero-order chi connectivity index (χ0) is 39.2. The van der Waals surface area contributed by atoms with Crippen molar-refractivity contribution >= 4 is 5.97 Å². The van der Waals surface area contributed by atoms with Crippen LogP contribution in [-0.2, 0) is 38.0 Å². The molecule has 4 aliphatic carbocycles. The molecule has 3 saturated heterocycles. The van der Waals surface area contributed by atoms with Crippen LogP contribution in [0.3, 0.4) is 0 Å². The minimum Gasteiger partial charge on any atom is -0.458 e. The molecule has 55 heavy (non-hydrogen) atoms. The molecule has 4 aliphatic heterocycles. The predicted octanol–water partition coefficient (Wildman–Crippen LogP) is 2.22.